The zero-order valence-electron chi connectivity index (χ0n) is 14.9. The van der Waals surface area contributed by atoms with E-state index in [0.29, 0.717) is 29.7 Å². The molecule has 9 heteroatoms. The van der Waals surface area contributed by atoms with Gasteiger partial charge in [0.15, 0.2) is 11.0 Å². The Morgan fingerprint density at radius 2 is 2.07 bits per heavy atom. The Morgan fingerprint density at radius 3 is 2.86 bits per heavy atom. The molecule has 0 spiro atoms. The van der Waals surface area contributed by atoms with Gasteiger partial charge in [-0.3, -0.25) is 8.97 Å². The summed E-state index contributed by atoms with van der Waals surface area (Å²) in [7, 11) is 0. The molecule has 0 bridgehead atoms. The number of thioether (sulfide) groups is 1. The smallest absolute Gasteiger partial charge is 0.233 e. The van der Waals surface area contributed by atoms with Crippen molar-refractivity contribution >= 4 is 29.1 Å². The summed E-state index contributed by atoms with van der Waals surface area (Å²) in [5.74, 6) is 2.80. The topological polar surface area (TPSA) is 70.1 Å². The normalized spacial score (nSPS) is 11.0. The Bertz CT molecular complexity index is 1060. The molecule has 4 aromatic rings. The SMILES string of the molecule is C=CCn1c(COc2ccc(Cl)cc2)nnc1SCc1cn2cccnc2n1. The first kappa shape index (κ1) is 18.5. The molecule has 0 atom stereocenters. The number of hydrogen-bond donors (Lipinski definition) is 0. The Kier molecular flexibility index (Phi) is 5.59. The lowest BCUT2D eigenvalue weighted by molar-refractivity contribution is 0.289. The largest absolute Gasteiger partial charge is 0.486 e. The van der Waals surface area contributed by atoms with Crippen LogP contribution in [0, 0.1) is 0 Å². The van der Waals surface area contributed by atoms with Crippen LogP contribution in [0.2, 0.25) is 5.02 Å². The molecular weight excluding hydrogens is 396 g/mol. The average Bonchev–Trinajstić information content (AvgIpc) is 3.30. The predicted octanol–water partition coefficient (Wildman–Crippen LogP) is 4.03. The fourth-order valence-electron chi connectivity index (χ4n) is 2.61. The standard InChI is InChI=1S/C19H17ClN6OS/c1-2-9-26-17(12-27-16-6-4-14(20)5-7-16)23-24-19(26)28-13-15-11-25-10-3-8-21-18(25)22-15/h2-8,10-11H,1,9,12-13H2. The van der Waals surface area contributed by atoms with Gasteiger partial charge in [-0.25, -0.2) is 9.97 Å². The highest BCUT2D eigenvalue weighted by Crippen LogP contribution is 2.23. The van der Waals surface area contributed by atoms with E-state index in [-0.39, 0.29) is 0 Å². The van der Waals surface area contributed by atoms with E-state index in [1.807, 2.05) is 45.6 Å². The second-order valence-corrected chi connectivity index (χ2v) is 7.27. The van der Waals surface area contributed by atoms with Gasteiger partial charge in [0.05, 0.1) is 5.69 Å². The van der Waals surface area contributed by atoms with Crippen LogP contribution in [-0.4, -0.2) is 29.1 Å². The number of halogens is 1. The van der Waals surface area contributed by atoms with Crippen molar-refractivity contribution in [1.82, 2.24) is 29.1 Å². The highest BCUT2D eigenvalue weighted by Gasteiger charge is 2.13. The number of fused-ring (bicyclic) bond motifs is 1. The van der Waals surface area contributed by atoms with Gasteiger partial charge in [0.1, 0.15) is 12.4 Å². The first-order chi connectivity index (χ1) is 13.7. The molecule has 1 aromatic carbocycles. The molecule has 0 saturated heterocycles. The van der Waals surface area contributed by atoms with Gasteiger partial charge >= 0.3 is 0 Å². The van der Waals surface area contributed by atoms with Crippen molar-refractivity contribution in [3.63, 3.8) is 0 Å². The number of imidazole rings is 1. The second-order valence-electron chi connectivity index (χ2n) is 5.89. The Balaban J connectivity index is 1.46. The van der Waals surface area contributed by atoms with E-state index in [4.69, 9.17) is 16.3 Å². The van der Waals surface area contributed by atoms with E-state index in [1.165, 1.54) is 0 Å². The molecule has 0 aliphatic carbocycles. The molecule has 7 nitrogen and oxygen atoms in total. The first-order valence-corrected chi connectivity index (χ1v) is 9.92. The van der Waals surface area contributed by atoms with E-state index in [1.54, 1.807) is 30.1 Å². The molecule has 28 heavy (non-hydrogen) atoms. The van der Waals surface area contributed by atoms with Gasteiger partial charge in [0.25, 0.3) is 0 Å². The zero-order chi connectivity index (χ0) is 19.3. The third kappa shape index (κ3) is 4.18. The molecule has 4 rings (SSSR count). The Hall–Kier alpha value is -2.84. The number of ether oxygens (including phenoxy) is 1. The molecule has 3 aromatic heterocycles. The van der Waals surface area contributed by atoms with Gasteiger partial charge in [-0.1, -0.05) is 29.4 Å². The summed E-state index contributed by atoms with van der Waals surface area (Å²) in [6, 6.07) is 9.10. The molecule has 0 unspecified atom stereocenters. The lowest BCUT2D eigenvalue weighted by Gasteiger charge is -2.09. The van der Waals surface area contributed by atoms with E-state index in [0.717, 1.165) is 22.4 Å². The van der Waals surface area contributed by atoms with Crippen LogP contribution in [0.15, 0.2) is 66.7 Å². The minimum absolute atomic E-state index is 0.307. The molecule has 0 radical (unpaired) electrons. The minimum Gasteiger partial charge on any atom is -0.486 e. The van der Waals surface area contributed by atoms with Gasteiger partial charge in [0.2, 0.25) is 5.78 Å². The van der Waals surface area contributed by atoms with E-state index < -0.39 is 0 Å². The number of nitrogens with zero attached hydrogens (tertiary/aromatic N) is 6. The van der Waals surface area contributed by atoms with Crippen molar-refractivity contribution in [2.75, 3.05) is 0 Å². The minimum atomic E-state index is 0.307. The quantitative estimate of drug-likeness (QED) is 0.321. The van der Waals surface area contributed by atoms with Crippen molar-refractivity contribution < 1.29 is 4.74 Å². The van der Waals surface area contributed by atoms with Gasteiger partial charge in [-0.15, -0.1) is 16.8 Å². The fraction of sp³-hybridized carbons (Fsp3) is 0.158. The summed E-state index contributed by atoms with van der Waals surface area (Å²) in [6.45, 7) is 4.73. The summed E-state index contributed by atoms with van der Waals surface area (Å²) in [5, 5.41) is 10.0. The third-order valence-corrected chi connectivity index (χ3v) is 5.17. The van der Waals surface area contributed by atoms with Crippen LogP contribution >= 0.6 is 23.4 Å². The maximum Gasteiger partial charge on any atom is 0.233 e. The van der Waals surface area contributed by atoms with Crippen molar-refractivity contribution in [2.24, 2.45) is 0 Å². The molecule has 0 aliphatic rings. The molecule has 0 fully saturated rings. The van der Waals surface area contributed by atoms with E-state index in [9.17, 15) is 0 Å². The maximum atomic E-state index is 5.90. The van der Waals surface area contributed by atoms with Crippen molar-refractivity contribution in [3.8, 4) is 5.75 Å². The van der Waals surface area contributed by atoms with E-state index in [2.05, 4.69) is 26.7 Å². The maximum absolute atomic E-state index is 5.90. The van der Waals surface area contributed by atoms with Gasteiger partial charge < -0.3 is 4.74 Å². The molecule has 0 N–H and O–H groups in total. The number of hydrogen-bond acceptors (Lipinski definition) is 6. The molecule has 3 heterocycles. The van der Waals surface area contributed by atoms with Crippen LogP contribution in [0.25, 0.3) is 5.78 Å². The predicted molar refractivity (Wildman–Crippen MR) is 109 cm³/mol. The van der Waals surface area contributed by atoms with Crippen molar-refractivity contribution in [1.29, 1.82) is 0 Å². The number of rotatable bonds is 8. The van der Waals surface area contributed by atoms with Crippen LogP contribution in [0.3, 0.4) is 0 Å². The van der Waals surface area contributed by atoms with Gasteiger partial charge in [0, 0.05) is 35.9 Å². The van der Waals surface area contributed by atoms with Crippen LogP contribution in [0.5, 0.6) is 5.75 Å². The fourth-order valence-corrected chi connectivity index (χ4v) is 3.59. The first-order valence-electron chi connectivity index (χ1n) is 8.55. The number of aromatic nitrogens is 6. The van der Waals surface area contributed by atoms with Crippen LogP contribution in [0.1, 0.15) is 11.5 Å². The average molecular weight is 413 g/mol. The second kappa shape index (κ2) is 8.45. The van der Waals surface area contributed by atoms with Crippen LogP contribution in [0.4, 0.5) is 0 Å². The summed E-state index contributed by atoms with van der Waals surface area (Å²) >= 11 is 7.47. The van der Waals surface area contributed by atoms with Crippen molar-refractivity contribution in [2.45, 2.75) is 24.1 Å². The summed E-state index contributed by atoms with van der Waals surface area (Å²) in [5.41, 5.74) is 0.927. The Labute approximate surface area is 171 Å². The number of benzene rings is 1. The summed E-state index contributed by atoms with van der Waals surface area (Å²) < 4.78 is 9.69. The Morgan fingerprint density at radius 1 is 1.21 bits per heavy atom. The lowest BCUT2D eigenvalue weighted by Crippen LogP contribution is -2.07. The molecule has 0 saturated carbocycles. The zero-order valence-corrected chi connectivity index (χ0v) is 16.5. The number of allylic oxidation sites excluding steroid dienone is 1. The highest BCUT2D eigenvalue weighted by atomic mass is 35.5. The van der Waals surface area contributed by atoms with Crippen LogP contribution in [-0.2, 0) is 18.9 Å². The molecule has 142 valence electrons. The third-order valence-electron chi connectivity index (χ3n) is 3.92. The summed E-state index contributed by atoms with van der Waals surface area (Å²) in [6.07, 6.45) is 7.44. The van der Waals surface area contributed by atoms with Crippen molar-refractivity contribution in [3.05, 3.63) is 78.1 Å². The monoisotopic (exact) mass is 412 g/mol. The highest BCUT2D eigenvalue weighted by molar-refractivity contribution is 7.98. The van der Waals surface area contributed by atoms with Crippen LogP contribution < -0.4 is 4.74 Å². The molecular formula is C19H17ClN6OS. The lowest BCUT2D eigenvalue weighted by atomic mass is 10.3. The molecule has 0 aliphatic heterocycles. The summed E-state index contributed by atoms with van der Waals surface area (Å²) in [4.78, 5) is 8.75. The molecule has 0 amide bonds. The van der Waals surface area contributed by atoms with E-state index >= 15 is 0 Å². The van der Waals surface area contributed by atoms with Gasteiger partial charge in [-0.2, -0.15) is 0 Å². The van der Waals surface area contributed by atoms with Gasteiger partial charge in [-0.05, 0) is 30.3 Å².